The lowest BCUT2D eigenvalue weighted by Gasteiger charge is -2.32. The average Bonchev–Trinajstić information content (AvgIpc) is 3.36. The van der Waals surface area contributed by atoms with Gasteiger partial charge >= 0.3 is 0 Å². The first-order valence-electron chi connectivity index (χ1n) is 15.2. The highest BCUT2D eigenvalue weighted by Gasteiger charge is 2.39. The van der Waals surface area contributed by atoms with Gasteiger partial charge in [0, 0.05) is 49.3 Å². The Morgan fingerprint density at radius 3 is 2.52 bits per heavy atom. The highest BCUT2D eigenvalue weighted by Crippen LogP contribution is 2.32. The Labute approximate surface area is 255 Å². The van der Waals surface area contributed by atoms with Crippen molar-refractivity contribution in [1.29, 1.82) is 0 Å². The maximum atomic E-state index is 13.0. The fraction of sp³-hybridized carbons (Fsp3) is 0.286. The van der Waals surface area contributed by atoms with Gasteiger partial charge < -0.3 is 15.1 Å². The Morgan fingerprint density at radius 1 is 0.886 bits per heavy atom. The number of piperidine rings is 2. The monoisotopic (exact) mass is 587 g/mol. The molecule has 44 heavy (non-hydrogen) atoms. The van der Waals surface area contributed by atoms with Gasteiger partial charge in [-0.05, 0) is 71.8 Å². The molecule has 222 valence electrons. The summed E-state index contributed by atoms with van der Waals surface area (Å²) in [5, 5.41) is 7.71. The molecule has 4 aromatic rings. The third-order valence-corrected chi connectivity index (χ3v) is 9.02. The summed E-state index contributed by atoms with van der Waals surface area (Å²) in [7, 11) is 0. The van der Waals surface area contributed by atoms with E-state index in [4.69, 9.17) is 4.98 Å². The molecule has 1 unspecified atom stereocenters. The molecule has 2 fully saturated rings. The lowest BCUT2D eigenvalue weighted by atomic mass is 9.93. The van der Waals surface area contributed by atoms with Crippen LogP contribution in [0.4, 0.5) is 11.5 Å². The fourth-order valence-electron chi connectivity index (χ4n) is 6.69. The number of nitrogens with zero attached hydrogens (tertiary/aromatic N) is 3. The lowest BCUT2D eigenvalue weighted by molar-refractivity contribution is -0.137. The molecule has 0 bridgehead atoms. The molecule has 4 amide bonds. The maximum Gasteiger partial charge on any atom is 0.255 e. The predicted molar refractivity (Wildman–Crippen MR) is 168 cm³/mol. The van der Waals surface area contributed by atoms with E-state index in [1.807, 2.05) is 12.1 Å². The van der Waals surface area contributed by atoms with Crippen molar-refractivity contribution >= 4 is 45.9 Å². The van der Waals surface area contributed by atoms with Crippen LogP contribution in [0.2, 0.25) is 0 Å². The normalized spacial score (nSPS) is 18.8. The van der Waals surface area contributed by atoms with Crippen LogP contribution in [0.1, 0.15) is 48.0 Å². The van der Waals surface area contributed by atoms with Crippen LogP contribution in [0.25, 0.3) is 22.0 Å². The highest BCUT2D eigenvalue weighted by molar-refractivity contribution is 6.05. The number of amides is 4. The largest absolute Gasteiger partial charge is 0.357 e. The average molecular weight is 588 g/mol. The van der Waals surface area contributed by atoms with Crippen LogP contribution in [0, 0.1) is 5.92 Å². The molecule has 1 aromatic heterocycles. The molecule has 1 atom stereocenters. The van der Waals surface area contributed by atoms with Gasteiger partial charge in [-0.2, -0.15) is 0 Å². The summed E-state index contributed by atoms with van der Waals surface area (Å²) in [6, 6.07) is 25.4. The molecule has 4 heterocycles. The van der Waals surface area contributed by atoms with Crippen LogP contribution in [0.5, 0.6) is 0 Å². The Kier molecular flexibility index (Phi) is 7.29. The summed E-state index contributed by atoms with van der Waals surface area (Å²) in [6.45, 7) is 1.94. The maximum absolute atomic E-state index is 13.0. The van der Waals surface area contributed by atoms with Crippen molar-refractivity contribution in [3.05, 3.63) is 90.0 Å². The number of fused-ring (bicyclic) bond motifs is 2. The van der Waals surface area contributed by atoms with Crippen molar-refractivity contribution in [2.24, 2.45) is 5.92 Å². The number of benzene rings is 3. The minimum atomic E-state index is -0.660. The van der Waals surface area contributed by atoms with Crippen LogP contribution in [0.15, 0.2) is 78.9 Å². The van der Waals surface area contributed by atoms with Gasteiger partial charge in [0.05, 0.1) is 5.69 Å². The molecule has 3 aromatic carbocycles. The first-order chi connectivity index (χ1) is 21.4. The Balaban J connectivity index is 0.946. The summed E-state index contributed by atoms with van der Waals surface area (Å²) in [4.78, 5) is 58.6. The van der Waals surface area contributed by atoms with Crippen molar-refractivity contribution in [1.82, 2.24) is 15.2 Å². The van der Waals surface area contributed by atoms with Gasteiger partial charge in [-0.15, -0.1) is 0 Å². The van der Waals surface area contributed by atoms with Gasteiger partial charge in [0.2, 0.25) is 17.7 Å². The van der Waals surface area contributed by atoms with Crippen molar-refractivity contribution in [2.45, 2.75) is 44.7 Å². The summed E-state index contributed by atoms with van der Waals surface area (Å²) in [6.07, 6.45) is 2.75. The molecule has 9 heteroatoms. The zero-order valence-electron chi connectivity index (χ0n) is 24.3. The highest BCUT2D eigenvalue weighted by atomic mass is 16.2. The van der Waals surface area contributed by atoms with E-state index < -0.39 is 11.9 Å². The topological polar surface area (TPSA) is 112 Å². The summed E-state index contributed by atoms with van der Waals surface area (Å²) in [5.74, 6) is 0.204. The molecule has 7 rings (SSSR count). The number of nitrogens with one attached hydrogen (secondary N) is 2. The van der Waals surface area contributed by atoms with E-state index in [9.17, 15) is 19.2 Å². The van der Waals surface area contributed by atoms with Crippen LogP contribution in [-0.2, 0) is 20.9 Å². The molecule has 3 aliphatic heterocycles. The first kappa shape index (κ1) is 27.8. The molecule has 0 radical (unpaired) electrons. The first-order valence-corrected chi connectivity index (χ1v) is 15.2. The zero-order chi connectivity index (χ0) is 30.2. The van der Waals surface area contributed by atoms with Crippen LogP contribution >= 0.6 is 0 Å². The number of anilines is 2. The number of rotatable bonds is 6. The standard InChI is InChI=1S/C35H33N5O4/c41-32-14-13-30(34(43)38-32)40-21-24-20-25(11-12-27(24)35(40)44)36-33(42)19-22-15-17-39(18-16-22)31-10-4-9-29(37-31)28-8-3-6-23-5-1-2-7-26(23)28/h1-12,20,22,30H,13-19,21H2,(H,36,42)(H,38,41,43). The van der Waals surface area contributed by atoms with Crippen molar-refractivity contribution in [2.75, 3.05) is 23.3 Å². The number of carbonyl (C=O) groups is 4. The summed E-state index contributed by atoms with van der Waals surface area (Å²) < 4.78 is 0. The van der Waals surface area contributed by atoms with Gasteiger partial charge in [-0.3, -0.25) is 24.5 Å². The van der Waals surface area contributed by atoms with Crippen molar-refractivity contribution < 1.29 is 19.2 Å². The number of hydrogen-bond donors (Lipinski definition) is 2. The molecular weight excluding hydrogens is 554 g/mol. The van der Waals surface area contributed by atoms with Crippen molar-refractivity contribution in [3.63, 3.8) is 0 Å². The van der Waals surface area contributed by atoms with Crippen LogP contribution in [-0.4, -0.2) is 52.6 Å². The van der Waals surface area contributed by atoms with E-state index in [2.05, 4.69) is 70.1 Å². The molecule has 0 spiro atoms. The smallest absolute Gasteiger partial charge is 0.255 e. The van der Waals surface area contributed by atoms with E-state index in [-0.39, 0.29) is 36.6 Å². The van der Waals surface area contributed by atoms with Crippen LogP contribution in [0.3, 0.4) is 0 Å². The minimum Gasteiger partial charge on any atom is -0.357 e. The number of aromatic nitrogens is 1. The third-order valence-electron chi connectivity index (χ3n) is 9.02. The second-order valence-electron chi connectivity index (χ2n) is 11.9. The molecule has 9 nitrogen and oxygen atoms in total. The fourth-order valence-corrected chi connectivity index (χ4v) is 6.69. The van der Waals surface area contributed by atoms with Gasteiger partial charge in [0.15, 0.2) is 0 Å². The SMILES string of the molecule is O=C1CCC(N2Cc3cc(NC(=O)CC4CCN(c5cccc(-c6cccc7ccccc67)n5)CC4)ccc3C2=O)C(=O)N1. The second kappa shape index (κ2) is 11.6. The summed E-state index contributed by atoms with van der Waals surface area (Å²) in [5.41, 5.74) is 4.01. The van der Waals surface area contributed by atoms with E-state index in [1.165, 1.54) is 15.7 Å². The predicted octanol–water partition coefficient (Wildman–Crippen LogP) is 4.91. The third kappa shape index (κ3) is 5.41. The number of carbonyl (C=O) groups excluding carboxylic acids is 4. The lowest BCUT2D eigenvalue weighted by Crippen LogP contribution is -2.52. The van der Waals surface area contributed by atoms with Crippen LogP contribution < -0.4 is 15.5 Å². The Morgan fingerprint density at radius 2 is 1.68 bits per heavy atom. The molecule has 2 saturated heterocycles. The Bertz CT molecular complexity index is 1790. The molecule has 3 aliphatic rings. The minimum absolute atomic E-state index is 0.0502. The van der Waals surface area contributed by atoms with E-state index in [1.54, 1.807) is 12.1 Å². The molecule has 0 saturated carbocycles. The molecule has 2 N–H and O–H groups in total. The number of imide groups is 1. The van der Waals surface area contributed by atoms with Gasteiger partial charge in [0.1, 0.15) is 11.9 Å². The second-order valence-corrected chi connectivity index (χ2v) is 11.9. The zero-order valence-corrected chi connectivity index (χ0v) is 24.3. The number of hydrogen-bond acceptors (Lipinski definition) is 6. The van der Waals surface area contributed by atoms with E-state index in [0.29, 0.717) is 24.1 Å². The number of pyridine rings is 1. The summed E-state index contributed by atoms with van der Waals surface area (Å²) >= 11 is 0. The van der Waals surface area contributed by atoms with Gasteiger partial charge in [0.25, 0.3) is 5.91 Å². The van der Waals surface area contributed by atoms with E-state index >= 15 is 0 Å². The van der Waals surface area contributed by atoms with E-state index in [0.717, 1.165) is 48.6 Å². The molecule has 0 aliphatic carbocycles. The van der Waals surface area contributed by atoms with Crippen molar-refractivity contribution in [3.8, 4) is 11.3 Å². The van der Waals surface area contributed by atoms with Gasteiger partial charge in [-0.1, -0.05) is 48.5 Å². The quantitative estimate of drug-likeness (QED) is 0.310. The molecular formula is C35H33N5O4. The van der Waals surface area contributed by atoms with Gasteiger partial charge in [-0.25, -0.2) is 4.98 Å². The Hall–Kier alpha value is -5.05.